The zero-order valence-corrected chi connectivity index (χ0v) is 13.1. The molecule has 1 aromatic rings. The van der Waals surface area contributed by atoms with Crippen molar-refractivity contribution >= 4 is 0 Å². The Morgan fingerprint density at radius 1 is 1.14 bits per heavy atom. The van der Waals surface area contributed by atoms with Gasteiger partial charge in [-0.05, 0) is 25.0 Å². The number of hydrogen-bond donors (Lipinski definition) is 2. The highest BCUT2D eigenvalue weighted by molar-refractivity contribution is 5.42. The summed E-state index contributed by atoms with van der Waals surface area (Å²) < 4.78 is 10.7. The Labute approximate surface area is 127 Å². The molecular formula is C17H27NO3. The minimum absolute atomic E-state index is 0.0686. The van der Waals surface area contributed by atoms with Gasteiger partial charge in [-0.15, -0.1) is 0 Å². The normalized spacial score (nSPS) is 18.0. The van der Waals surface area contributed by atoms with Crippen LogP contribution in [-0.4, -0.2) is 32.0 Å². The number of benzene rings is 1. The van der Waals surface area contributed by atoms with E-state index in [-0.39, 0.29) is 12.6 Å². The van der Waals surface area contributed by atoms with Gasteiger partial charge in [-0.2, -0.15) is 0 Å². The van der Waals surface area contributed by atoms with Crippen molar-refractivity contribution in [3.63, 3.8) is 0 Å². The van der Waals surface area contributed by atoms with Crippen LogP contribution in [-0.2, 0) is 0 Å². The zero-order valence-electron chi connectivity index (χ0n) is 13.1. The van der Waals surface area contributed by atoms with Crippen molar-refractivity contribution in [2.24, 2.45) is 0 Å². The fourth-order valence-corrected chi connectivity index (χ4v) is 3.08. The Hall–Kier alpha value is -1.26. The summed E-state index contributed by atoms with van der Waals surface area (Å²) in [5.41, 5.74) is 0.991. The molecule has 1 atom stereocenters. The van der Waals surface area contributed by atoms with E-state index in [0.717, 1.165) is 17.1 Å². The predicted octanol–water partition coefficient (Wildman–Crippen LogP) is 3.05. The molecule has 0 aromatic heterocycles. The van der Waals surface area contributed by atoms with E-state index in [1.807, 2.05) is 18.2 Å². The van der Waals surface area contributed by atoms with Gasteiger partial charge in [0, 0.05) is 17.7 Å². The molecule has 21 heavy (non-hydrogen) atoms. The van der Waals surface area contributed by atoms with Crippen molar-refractivity contribution in [3.8, 4) is 11.5 Å². The largest absolute Gasteiger partial charge is 0.497 e. The van der Waals surface area contributed by atoms with Gasteiger partial charge >= 0.3 is 0 Å². The first-order valence-electron chi connectivity index (χ1n) is 7.87. The van der Waals surface area contributed by atoms with E-state index in [9.17, 15) is 5.11 Å². The van der Waals surface area contributed by atoms with E-state index < -0.39 is 0 Å². The second kappa shape index (κ2) is 8.25. The van der Waals surface area contributed by atoms with Gasteiger partial charge in [0.05, 0.1) is 26.9 Å². The van der Waals surface area contributed by atoms with Gasteiger partial charge in [-0.3, -0.25) is 0 Å². The van der Waals surface area contributed by atoms with Crippen LogP contribution in [0.2, 0.25) is 0 Å². The Kier molecular flexibility index (Phi) is 6.33. The summed E-state index contributed by atoms with van der Waals surface area (Å²) >= 11 is 0. The zero-order chi connectivity index (χ0) is 15.1. The highest BCUT2D eigenvalue weighted by Gasteiger charge is 2.20. The standard InChI is InChI=1S/C17H27NO3/c1-20-14-9-10-15(17(11-14)21-2)16(12-19)18-13-7-5-3-4-6-8-13/h9-11,13,16,18-19H,3-8,12H2,1-2H3. The first-order chi connectivity index (χ1) is 10.3. The molecule has 1 saturated carbocycles. The highest BCUT2D eigenvalue weighted by Crippen LogP contribution is 2.30. The molecule has 1 aromatic carbocycles. The van der Waals surface area contributed by atoms with Crippen molar-refractivity contribution < 1.29 is 14.6 Å². The summed E-state index contributed by atoms with van der Waals surface area (Å²) in [4.78, 5) is 0. The number of hydrogen-bond acceptors (Lipinski definition) is 4. The lowest BCUT2D eigenvalue weighted by Gasteiger charge is -2.25. The van der Waals surface area contributed by atoms with Gasteiger partial charge in [-0.25, -0.2) is 0 Å². The maximum absolute atomic E-state index is 9.78. The number of ether oxygens (including phenoxy) is 2. The van der Waals surface area contributed by atoms with Gasteiger partial charge in [0.15, 0.2) is 0 Å². The van der Waals surface area contributed by atoms with E-state index in [0.29, 0.717) is 6.04 Å². The smallest absolute Gasteiger partial charge is 0.127 e. The van der Waals surface area contributed by atoms with E-state index in [1.54, 1.807) is 14.2 Å². The molecule has 2 rings (SSSR count). The lowest BCUT2D eigenvalue weighted by molar-refractivity contribution is 0.225. The van der Waals surface area contributed by atoms with Crippen molar-refractivity contribution in [2.45, 2.75) is 50.6 Å². The Morgan fingerprint density at radius 2 is 1.86 bits per heavy atom. The van der Waals surface area contributed by atoms with Crippen molar-refractivity contribution in [2.75, 3.05) is 20.8 Å². The van der Waals surface area contributed by atoms with Crippen LogP contribution in [0, 0.1) is 0 Å². The molecule has 0 heterocycles. The second-order valence-corrected chi connectivity index (χ2v) is 5.70. The summed E-state index contributed by atoms with van der Waals surface area (Å²) in [5.74, 6) is 1.52. The fourth-order valence-electron chi connectivity index (χ4n) is 3.08. The van der Waals surface area contributed by atoms with Gasteiger partial charge in [0.25, 0.3) is 0 Å². The fraction of sp³-hybridized carbons (Fsp3) is 0.647. The molecule has 0 spiro atoms. The highest BCUT2D eigenvalue weighted by atomic mass is 16.5. The Balaban J connectivity index is 2.12. The topological polar surface area (TPSA) is 50.7 Å². The van der Waals surface area contributed by atoms with Crippen LogP contribution in [0.15, 0.2) is 18.2 Å². The molecule has 0 saturated heterocycles. The van der Waals surface area contributed by atoms with Gasteiger partial charge in [0.2, 0.25) is 0 Å². The number of nitrogens with one attached hydrogen (secondary N) is 1. The molecule has 4 heteroatoms. The Morgan fingerprint density at radius 3 is 2.43 bits per heavy atom. The van der Waals surface area contributed by atoms with Gasteiger partial charge < -0.3 is 19.9 Å². The summed E-state index contributed by atoms with van der Waals surface area (Å²) in [5, 5.41) is 13.4. The molecular weight excluding hydrogens is 266 g/mol. The average molecular weight is 293 g/mol. The van der Waals surface area contributed by atoms with Crippen LogP contribution in [0.5, 0.6) is 11.5 Å². The summed E-state index contributed by atoms with van der Waals surface area (Å²) in [6, 6.07) is 6.15. The van der Waals surface area contributed by atoms with Crippen molar-refractivity contribution in [1.82, 2.24) is 5.32 Å². The molecule has 0 radical (unpaired) electrons. The third-order valence-corrected chi connectivity index (χ3v) is 4.29. The second-order valence-electron chi connectivity index (χ2n) is 5.70. The molecule has 1 aliphatic rings. The maximum Gasteiger partial charge on any atom is 0.127 e. The first-order valence-corrected chi connectivity index (χ1v) is 7.87. The van der Waals surface area contributed by atoms with Crippen molar-refractivity contribution in [1.29, 1.82) is 0 Å². The van der Waals surface area contributed by atoms with Crippen LogP contribution in [0.1, 0.15) is 50.1 Å². The van der Waals surface area contributed by atoms with E-state index in [4.69, 9.17) is 9.47 Å². The van der Waals surface area contributed by atoms with Crippen LogP contribution in [0.4, 0.5) is 0 Å². The summed E-state index contributed by atoms with van der Waals surface area (Å²) in [6.45, 7) is 0.0686. The molecule has 0 aliphatic heterocycles. The molecule has 0 amide bonds. The monoisotopic (exact) mass is 293 g/mol. The van der Waals surface area contributed by atoms with Crippen LogP contribution in [0.25, 0.3) is 0 Å². The lowest BCUT2D eigenvalue weighted by atomic mass is 10.0. The third-order valence-electron chi connectivity index (χ3n) is 4.29. The molecule has 1 aliphatic carbocycles. The number of aliphatic hydroxyl groups excluding tert-OH is 1. The van der Waals surface area contributed by atoms with E-state index in [1.165, 1.54) is 38.5 Å². The van der Waals surface area contributed by atoms with Crippen LogP contribution >= 0.6 is 0 Å². The van der Waals surface area contributed by atoms with Gasteiger partial charge in [-0.1, -0.05) is 25.7 Å². The molecule has 118 valence electrons. The molecule has 1 unspecified atom stereocenters. The Bertz CT molecular complexity index is 428. The van der Waals surface area contributed by atoms with Gasteiger partial charge in [0.1, 0.15) is 11.5 Å². The molecule has 1 fully saturated rings. The number of rotatable bonds is 6. The van der Waals surface area contributed by atoms with Crippen LogP contribution in [0.3, 0.4) is 0 Å². The van der Waals surface area contributed by atoms with E-state index in [2.05, 4.69) is 5.32 Å². The number of aliphatic hydroxyl groups is 1. The SMILES string of the molecule is COc1ccc(C(CO)NC2CCCCCC2)c(OC)c1. The summed E-state index contributed by atoms with van der Waals surface area (Å²) in [7, 11) is 3.29. The summed E-state index contributed by atoms with van der Waals surface area (Å²) in [6.07, 6.45) is 7.58. The molecule has 4 nitrogen and oxygen atoms in total. The number of methoxy groups -OCH3 is 2. The third kappa shape index (κ3) is 4.35. The molecule has 2 N–H and O–H groups in total. The van der Waals surface area contributed by atoms with Crippen molar-refractivity contribution in [3.05, 3.63) is 23.8 Å². The maximum atomic E-state index is 9.78. The van der Waals surface area contributed by atoms with Crippen LogP contribution < -0.4 is 14.8 Å². The minimum Gasteiger partial charge on any atom is -0.497 e. The predicted molar refractivity (Wildman–Crippen MR) is 84.0 cm³/mol. The first kappa shape index (κ1) is 16.1. The van der Waals surface area contributed by atoms with E-state index >= 15 is 0 Å². The molecule has 0 bridgehead atoms. The minimum atomic E-state index is -0.0889. The lowest BCUT2D eigenvalue weighted by Crippen LogP contribution is -2.34. The average Bonchev–Trinajstić information content (AvgIpc) is 2.80. The quantitative estimate of drug-likeness (QED) is 0.792.